The van der Waals surface area contributed by atoms with Crippen molar-refractivity contribution in [1.82, 2.24) is 14.9 Å². The van der Waals surface area contributed by atoms with Crippen LogP contribution in [0.15, 0.2) is 29.9 Å². The number of carbonyl (C=O) groups excluding carboxylic acids is 1. The molecule has 1 aliphatic heterocycles. The van der Waals surface area contributed by atoms with Crippen molar-refractivity contribution in [2.45, 2.75) is 12.5 Å². The predicted molar refractivity (Wildman–Crippen MR) is 83.0 cm³/mol. The maximum atomic E-state index is 12.4. The summed E-state index contributed by atoms with van der Waals surface area (Å²) in [5.74, 6) is -1.30. The number of hydrogen-bond donors (Lipinski definition) is 1. The maximum absolute atomic E-state index is 12.4. The van der Waals surface area contributed by atoms with Gasteiger partial charge in [-0.2, -0.15) is 0 Å². The van der Waals surface area contributed by atoms with Crippen LogP contribution in [0.1, 0.15) is 5.69 Å². The first kappa shape index (κ1) is 15.6. The molecule has 23 heavy (non-hydrogen) atoms. The fraction of sp³-hybridized carbons (Fsp3) is 0.333. The first-order chi connectivity index (χ1) is 11.1. The number of hydrogen-bond acceptors (Lipinski definition) is 6. The molecule has 0 bridgehead atoms. The van der Waals surface area contributed by atoms with Crippen molar-refractivity contribution in [3.8, 4) is 10.6 Å². The third-order valence-corrected chi connectivity index (χ3v) is 4.47. The number of pyridine rings is 1. The van der Waals surface area contributed by atoms with Gasteiger partial charge in [-0.15, -0.1) is 11.3 Å². The van der Waals surface area contributed by atoms with Crippen LogP contribution in [0.3, 0.4) is 0 Å². The SMILES string of the molecule is O=C(O)[C@@H]1COCCN1C(=O)Cc1csc(-c2cccnc2)n1. The van der Waals surface area contributed by atoms with E-state index in [0.29, 0.717) is 12.3 Å². The summed E-state index contributed by atoms with van der Waals surface area (Å²) in [5, 5.41) is 11.8. The molecule has 3 rings (SSSR count). The molecule has 7 nitrogen and oxygen atoms in total. The van der Waals surface area contributed by atoms with E-state index in [1.807, 2.05) is 17.5 Å². The van der Waals surface area contributed by atoms with Gasteiger partial charge in [0, 0.05) is 29.9 Å². The Kier molecular flexibility index (Phi) is 4.63. The lowest BCUT2D eigenvalue weighted by molar-refractivity contribution is -0.158. The lowest BCUT2D eigenvalue weighted by Crippen LogP contribution is -2.53. The Hall–Kier alpha value is -2.32. The summed E-state index contributed by atoms with van der Waals surface area (Å²) in [6.45, 7) is 0.669. The van der Waals surface area contributed by atoms with Crippen LogP contribution in [-0.2, 0) is 20.7 Å². The number of amides is 1. The van der Waals surface area contributed by atoms with E-state index in [1.54, 1.807) is 12.4 Å². The minimum atomic E-state index is -1.05. The number of ether oxygens (including phenoxy) is 1. The first-order valence-corrected chi connectivity index (χ1v) is 7.98. The Balaban J connectivity index is 1.70. The highest BCUT2D eigenvalue weighted by Gasteiger charge is 2.32. The summed E-state index contributed by atoms with van der Waals surface area (Å²) in [6, 6.07) is 2.81. The highest BCUT2D eigenvalue weighted by atomic mass is 32.1. The molecule has 2 aromatic rings. The monoisotopic (exact) mass is 333 g/mol. The van der Waals surface area contributed by atoms with Gasteiger partial charge >= 0.3 is 5.97 Å². The Morgan fingerprint density at radius 1 is 1.48 bits per heavy atom. The molecule has 0 spiro atoms. The molecular weight excluding hydrogens is 318 g/mol. The number of nitrogens with zero attached hydrogens (tertiary/aromatic N) is 3. The van der Waals surface area contributed by atoms with E-state index in [9.17, 15) is 14.7 Å². The van der Waals surface area contributed by atoms with Crippen molar-refractivity contribution >= 4 is 23.2 Å². The molecule has 0 aliphatic carbocycles. The molecule has 120 valence electrons. The molecule has 8 heteroatoms. The molecule has 0 radical (unpaired) electrons. The Morgan fingerprint density at radius 2 is 2.35 bits per heavy atom. The van der Waals surface area contributed by atoms with Gasteiger partial charge in [0.2, 0.25) is 5.91 Å². The number of carboxylic acid groups (broad SMARTS) is 1. The Labute approximate surface area is 136 Å². The zero-order valence-corrected chi connectivity index (χ0v) is 13.0. The van der Waals surface area contributed by atoms with Crippen LogP contribution in [0.25, 0.3) is 10.6 Å². The summed E-state index contributed by atoms with van der Waals surface area (Å²) >= 11 is 1.44. The molecule has 1 fully saturated rings. The minimum absolute atomic E-state index is 0.0269. The minimum Gasteiger partial charge on any atom is -0.480 e. The van der Waals surface area contributed by atoms with Crippen LogP contribution in [0.5, 0.6) is 0 Å². The van der Waals surface area contributed by atoms with E-state index >= 15 is 0 Å². The zero-order valence-electron chi connectivity index (χ0n) is 12.2. The summed E-state index contributed by atoms with van der Waals surface area (Å²) in [5.41, 5.74) is 1.53. The van der Waals surface area contributed by atoms with Crippen LogP contribution in [0, 0.1) is 0 Å². The highest BCUT2D eigenvalue weighted by molar-refractivity contribution is 7.13. The summed E-state index contributed by atoms with van der Waals surface area (Å²) < 4.78 is 5.14. The predicted octanol–water partition coefficient (Wildman–Crippen LogP) is 1.06. The molecular formula is C15H15N3O4S. The van der Waals surface area contributed by atoms with Gasteiger partial charge < -0.3 is 14.7 Å². The largest absolute Gasteiger partial charge is 0.480 e. The molecule has 1 N–H and O–H groups in total. The van der Waals surface area contributed by atoms with Gasteiger partial charge in [-0.1, -0.05) is 0 Å². The van der Waals surface area contributed by atoms with E-state index in [2.05, 4.69) is 9.97 Å². The van der Waals surface area contributed by atoms with Gasteiger partial charge in [0.15, 0.2) is 6.04 Å². The summed E-state index contributed by atoms with van der Waals surface area (Å²) in [4.78, 5) is 33.4. The third-order valence-electron chi connectivity index (χ3n) is 3.53. The van der Waals surface area contributed by atoms with E-state index in [-0.39, 0.29) is 25.5 Å². The fourth-order valence-electron chi connectivity index (χ4n) is 2.37. The van der Waals surface area contributed by atoms with Crippen molar-refractivity contribution in [3.05, 3.63) is 35.6 Å². The van der Waals surface area contributed by atoms with Gasteiger partial charge in [-0.25, -0.2) is 9.78 Å². The van der Waals surface area contributed by atoms with Crippen molar-refractivity contribution in [2.75, 3.05) is 19.8 Å². The van der Waals surface area contributed by atoms with Crippen LogP contribution in [-0.4, -0.2) is 57.7 Å². The number of rotatable bonds is 4. The molecule has 1 saturated heterocycles. The molecule has 1 atom stereocenters. The Bertz CT molecular complexity index is 704. The van der Waals surface area contributed by atoms with Gasteiger partial charge in [0.25, 0.3) is 0 Å². The molecule has 0 aromatic carbocycles. The lowest BCUT2D eigenvalue weighted by Gasteiger charge is -2.32. The van der Waals surface area contributed by atoms with Crippen LogP contribution < -0.4 is 0 Å². The van der Waals surface area contributed by atoms with Gasteiger partial charge in [-0.05, 0) is 12.1 Å². The second kappa shape index (κ2) is 6.84. The smallest absolute Gasteiger partial charge is 0.328 e. The van der Waals surface area contributed by atoms with Crippen molar-refractivity contribution < 1.29 is 19.4 Å². The molecule has 3 heterocycles. The number of aliphatic carboxylic acids is 1. The lowest BCUT2D eigenvalue weighted by atomic mass is 10.2. The number of carbonyl (C=O) groups is 2. The summed E-state index contributed by atoms with van der Waals surface area (Å²) in [6.07, 6.45) is 3.49. The maximum Gasteiger partial charge on any atom is 0.328 e. The molecule has 1 aliphatic rings. The van der Waals surface area contributed by atoms with Gasteiger partial charge in [0.05, 0.1) is 25.3 Å². The van der Waals surface area contributed by atoms with E-state index in [0.717, 1.165) is 10.6 Å². The number of carboxylic acids is 1. The van der Waals surface area contributed by atoms with Crippen LogP contribution >= 0.6 is 11.3 Å². The second-order valence-electron chi connectivity index (χ2n) is 5.08. The second-order valence-corrected chi connectivity index (χ2v) is 5.94. The van der Waals surface area contributed by atoms with E-state index < -0.39 is 12.0 Å². The average molecular weight is 333 g/mol. The normalized spacial score (nSPS) is 17.9. The molecule has 1 amide bonds. The van der Waals surface area contributed by atoms with Crippen molar-refractivity contribution in [1.29, 1.82) is 0 Å². The highest BCUT2D eigenvalue weighted by Crippen LogP contribution is 2.23. The Morgan fingerprint density at radius 3 is 3.09 bits per heavy atom. The molecule has 2 aromatic heterocycles. The number of thiazole rings is 1. The third kappa shape index (κ3) is 3.54. The summed E-state index contributed by atoms with van der Waals surface area (Å²) in [7, 11) is 0. The number of morpholine rings is 1. The first-order valence-electron chi connectivity index (χ1n) is 7.10. The number of aromatic nitrogens is 2. The molecule has 0 saturated carbocycles. The topological polar surface area (TPSA) is 92.6 Å². The van der Waals surface area contributed by atoms with E-state index in [4.69, 9.17) is 4.74 Å². The van der Waals surface area contributed by atoms with Crippen molar-refractivity contribution in [2.24, 2.45) is 0 Å². The zero-order chi connectivity index (χ0) is 16.2. The quantitative estimate of drug-likeness (QED) is 0.899. The van der Waals surface area contributed by atoms with Gasteiger partial charge in [0.1, 0.15) is 5.01 Å². The standard InChI is InChI=1S/C15H15N3O4S/c19-13(18-4-5-22-8-12(18)15(20)21)6-11-9-23-14(17-11)10-2-1-3-16-7-10/h1-3,7,9,12H,4-6,8H2,(H,20,21)/t12-/m0/s1. The van der Waals surface area contributed by atoms with Crippen molar-refractivity contribution in [3.63, 3.8) is 0 Å². The fourth-order valence-corrected chi connectivity index (χ4v) is 3.18. The molecule has 0 unspecified atom stereocenters. The van der Waals surface area contributed by atoms with Crippen LogP contribution in [0.4, 0.5) is 0 Å². The average Bonchev–Trinajstić information content (AvgIpc) is 3.04. The van der Waals surface area contributed by atoms with Gasteiger partial charge in [-0.3, -0.25) is 9.78 Å². The van der Waals surface area contributed by atoms with Crippen LogP contribution in [0.2, 0.25) is 0 Å². The van der Waals surface area contributed by atoms with E-state index in [1.165, 1.54) is 16.2 Å².